The summed E-state index contributed by atoms with van der Waals surface area (Å²) in [5.74, 6) is 0.617. The molecule has 4 rings (SSSR count). The van der Waals surface area contributed by atoms with Crippen LogP contribution in [0, 0.1) is 0 Å². The molecule has 0 bridgehead atoms. The van der Waals surface area contributed by atoms with Gasteiger partial charge in [0.15, 0.2) is 0 Å². The molecule has 1 fully saturated rings. The van der Waals surface area contributed by atoms with Crippen LogP contribution in [0.1, 0.15) is 24.8 Å². The number of hydrogen-bond acceptors (Lipinski definition) is 4. The van der Waals surface area contributed by atoms with Gasteiger partial charge in [-0.2, -0.15) is 0 Å². The second-order valence-electron chi connectivity index (χ2n) is 6.91. The largest absolute Gasteiger partial charge is 0.350 e. The molecule has 5 nitrogen and oxygen atoms in total. The summed E-state index contributed by atoms with van der Waals surface area (Å²) in [5, 5.41) is 12.3. The molecule has 3 heterocycles. The second kappa shape index (κ2) is 7.40. The van der Waals surface area contributed by atoms with Crippen molar-refractivity contribution >= 4 is 23.1 Å². The van der Waals surface area contributed by atoms with Crippen LogP contribution in [-0.2, 0) is 0 Å². The number of likely N-dealkylation sites (tertiary alicyclic amines) is 1. The average molecular weight is 392 g/mol. The van der Waals surface area contributed by atoms with Gasteiger partial charge in [0.25, 0.3) is 6.43 Å². The lowest BCUT2D eigenvalue weighted by molar-refractivity contribution is 0.152. The second-order valence-corrected chi connectivity index (χ2v) is 7.35. The van der Waals surface area contributed by atoms with E-state index in [1.807, 2.05) is 22.7 Å². The van der Waals surface area contributed by atoms with Gasteiger partial charge in [0, 0.05) is 34.9 Å². The number of piperidine rings is 1. The van der Waals surface area contributed by atoms with E-state index in [0.717, 1.165) is 31.4 Å². The number of alkyl halides is 2. The maximum absolute atomic E-state index is 13.5. The quantitative estimate of drug-likeness (QED) is 0.711. The first kappa shape index (κ1) is 18.1. The predicted octanol–water partition coefficient (Wildman–Crippen LogP) is 4.49. The van der Waals surface area contributed by atoms with Crippen LogP contribution in [0.4, 0.5) is 14.7 Å². The van der Waals surface area contributed by atoms with Gasteiger partial charge in [-0.15, -0.1) is 10.2 Å². The SMILES string of the molecule is CN1CCC[C@@H](Nc2nnc(-c3ccc(Cl)cc3C(F)F)c3cccn23)C1. The summed E-state index contributed by atoms with van der Waals surface area (Å²) in [6, 6.07) is 8.44. The first-order valence-electron chi connectivity index (χ1n) is 8.89. The van der Waals surface area contributed by atoms with Crippen LogP contribution in [0.25, 0.3) is 16.8 Å². The number of aromatic nitrogens is 3. The third kappa shape index (κ3) is 3.61. The molecule has 1 aliphatic rings. The van der Waals surface area contributed by atoms with E-state index in [0.29, 0.717) is 17.2 Å². The third-order valence-electron chi connectivity index (χ3n) is 4.93. The summed E-state index contributed by atoms with van der Waals surface area (Å²) in [5.41, 5.74) is 1.34. The molecule has 1 N–H and O–H groups in total. The zero-order valence-corrected chi connectivity index (χ0v) is 15.6. The van der Waals surface area contributed by atoms with Gasteiger partial charge >= 0.3 is 0 Å². The Morgan fingerprint density at radius 2 is 2.11 bits per heavy atom. The van der Waals surface area contributed by atoms with E-state index >= 15 is 0 Å². The van der Waals surface area contributed by atoms with Crippen molar-refractivity contribution in [1.29, 1.82) is 0 Å². The van der Waals surface area contributed by atoms with E-state index in [9.17, 15) is 8.78 Å². The molecule has 1 aliphatic heterocycles. The number of benzene rings is 1. The molecule has 3 aromatic rings. The predicted molar refractivity (Wildman–Crippen MR) is 103 cm³/mol. The number of rotatable bonds is 4. The lowest BCUT2D eigenvalue weighted by Gasteiger charge is -2.30. The van der Waals surface area contributed by atoms with E-state index in [-0.39, 0.29) is 16.6 Å². The number of likely N-dealkylation sites (N-methyl/N-ethyl adjacent to an activating group) is 1. The monoisotopic (exact) mass is 391 g/mol. The first-order chi connectivity index (χ1) is 13.0. The topological polar surface area (TPSA) is 45.5 Å². The molecule has 1 saturated heterocycles. The van der Waals surface area contributed by atoms with Crippen molar-refractivity contribution in [3.8, 4) is 11.3 Å². The van der Waals surface area contributed by atoms with Crippen LogP contribution in [0.2, 0.25) is 5.02 Å². The highest BCUT2D eigenvalue weighted by Gasteiger charge is 2.21. The van der Waals surface area contributed by atoms with Crippen molar-refractivity contribution in [3.63, 3.8) is 0 Å². The van der Waals surface area contributed by atoms with Crippen molar-refractivity contribution < 1.29 is 8.78 Å². The Labute approximate surface area is 161 Å². The number of nitrogens with zero attached hydrogens (tertiary/aromatic N) is 4. The summed E-state index contributed by atoms with van der Waals surface area (Å²) < 4.78 is 28.9. The third-order valence-corrected chi connectivity index (χ3v) is 5.16. The molecule has 2 aromatic heterocycles. The minimum Gasteiger partial charge on any atom is -0.350 e. The molecule has 142 valence electrons. The Balaban J connectivity index is 1.74. The van der Waals surface area contributed by atoms with Crippen molar-refractivity contribution in [2.24, 2.45) is 0 Å². The van der Waals surface area contributed by atoms with Crippen LogP contribution in [0.15, 0.2) is 36.5 Å². The molecule has 0 spiro atoms. The summed E-state index contributed by atoms with van der Waals surface area (Å²) in [4.78, 5) is 2.28. The fraction of sp³-hybridized carbons (Fsp3) is 0.368. The van der Waals surface area contributed by atoms with E-state index in [1.165, 1.54) is 6.07 Å². The van der Waals surface area contributed by atoms with Gasteiger partial charge < -0.3 is 10.2 Å². The minimum atomic E-state index is -2.65. The van der Waals surface area contributed by atoms with Gasteiger partial charge in [0.05, 0.1) is 5.52 Å². The summed E-state index contributed by atoms with van der Waals surface area (Å²) in [7, 11) is 2.10. The molecular formula is C19H20ClF2N5. The molecule has 27 heavy (non-hydrogen) atoms. The Kier molecular flexibility index (Phi) is 4.97. The highest BCUT2D eigenvalue weighted by molar-refractivity contribution is 6.30. The maximum Gasteiger partial charge on any atom is 0.264 e. The Hall–Kier alpha value is -2.25. The molecule has 0 amide bonds. The zero-order chi connectivity index (χ0) is 19.0. The summed E-state index contributed by atoms with van der Waals surface area (Å²) >= 11 is 5.90. The van der Waals surface area contributed by atoms with Crippen LogP contribution in [0.3, 0.4) is 0 Å². The maximum atomic E-state index is 13.5. The van der Waals surface area contributed by atoms with E-state index < -0.39 is 6.43 Å². The molecule has 0 radical (unpaired) electrons. The van der Waals surface area contributed by atoms with Crippen LogP contribution in [-0.4, -0.2) is 45.7 Å². The number of nitrogens with one attached hydrogen (secondary N) is 1. The standard InChI is InChI=1S/C19H20ClF2N5/c1-26-8-2-4-13(11-26)23-19-25-24-17(16-5-3-9-27(16)19)14-7-6-12(20)10-15(14)18(21)22/h3,5-7,9-10,13,18H,2,4,8,11H2,1H3,(H,23,25)/t13-/m1/s1. The van der Waals surface area contributed by atoms with Gasteiger partial charge in [-0.25, -0.2) is 8.78 Å². The first-order valence-corrected chi connectivity index (χ1v) is 9.27. The van der Waals surface area contributed by atoms with Gasteiger partial charge in [-0.3, -0.25) is 4.40 Å². The van der Waals surface area contributed by atoms with Gasteiger partial charge in [0.1, 0.15) is 5.69 Å². The van der Waals surface area contributed by atoms with Gasteiger partial charge in [-0.05, 0) is 50.7 Å². The molecule has 0 saturated carbocycles. The summed E-state index contributed by atoms with van der Waals surface area (Å²) in [6.07, 6.45) is 1.40. The van der Waals surface area contributed by atoms with Crippen molar-refractivity contribution in [2.75, 3.05) is 25.5 Å². The highest BCUT2D eigenvalue weighted by atomic mass is 35.5. The number of anilines is 1. The lowest BCUT2D eigenvalue weighted by atomic mass is 10.0. The number of fused-ring (bicyclic) bond motifs is 1. The molecule has 1 aromatic carbocycles. The zero-order valence-electron chi connectivity index (χ0n) is 14.9. The Morgan fingerprint density at radius 1 is 1.26 bits per heavy atom. The fourth-order valence-corrected chi connectivity index (χ4v) is 3.82. The molecule has 8 heteroatoms. The van der Waals surface area contributed by atoms with Crippen molar-refractivity contribution in [1.82, 2.24) is 19.5 Å². The number of hydrogen-bond donors (Lipinski definition) is 1. The van der Waals surface area contributed by atoms with E-state index in [2.05, 4.69) is 27.5 Å². The fourth-order valence-electron chi connectivity index (χ4n) is 3.64. The van der Waals surface area contributed by atoms with Crippen molar-refractivity contribution in [2.45, 2.75) is 25.3 Å². The smallest absolute Gasteiger partial charge is 0.264 e. The molecule has 1 atom stereocenters. The van der Waals surface area contributed by atoms with Crippen molar-refractivity contribution in [3.05, 3.63) is 47.1 Å². The molecule has 0 unspecified atom stereocenters. The van der Waals surface area contributed by atoms with Crippen LogP contribution < -0.4 is 5.32 Å². The minimum absolute atomic E-state index is 0.144. The Morgan fingerprint density at radius 3 is 2.89 bits per heavy atom. The van der Waals surface area contributed by atoms with Gasteiger partial charge in [-0.1, -0.05) is 17.7 Å². The Bertz CT molecular complexity index is 958. The summed E-state index contributed by atoms with van der Waals surface area (Å²) in [6.45, 7) is 2.02. The number of halogens is 3. The average Bonchev–Trinajstić information content (AvgIpc) is 3.12. The normalized spacial score (nSPS) is 18.3. The van der Waals surface area contributed by atoms with Gasteiger partial charge in [0.2, 0.25) is 5.95 Å². The van der Waals surface area contributed by atoms with Crippen LogP contribution in [0.5, 0.6) is 0 Å². The van der Waals surface area contributed by atoms with E-state index in [1.54, 1.807) is 12.1 Å². The van der Waals surface area contributed by atoms with Crippen LogP contribution >= 0.6 is 11.6 Å². The molecular weight excluding hydrogens is 372 g/mol. The van der Waals surface area contributed by atoms with E-state index in [4.69, 9.17) is 11.6 Å². The highest BCUT2D eigenvalue weighted by Crippen LogP contribution is 2.34. The lowest BCUT2D eigenvalue weighted by Crippen LogP contribution is -2.40. The molecule has 0 aliphatic carbocycles.